The first kappa shape index (κ1) is 27.7. The molecular formula is C29H35N3O8Si. The minimum atomic E-state index is -2.84. The molecule has 0 radical (unpaired) electrons. The van der Waals surface area contributed by atoms with E-state index in [0.717, 1.165) is 11.3 Å². The van der Waals surface area contributed by atoms with Gasteiger partial charge in [-0.2, -0.15) is 0 Å². The van der Waals surface area contributed by atoms with E-state index in [-0.39, 0.29) is 43.2 Å². The van der Waals surface area contributed by atoms with Crippen molar-refractivity contribution in [3.63, 3.8) is 0 Å². The minimum Gasteiger partial charge on any atom is -0.447 e. The smallest absolute Gasteiger partial charge is 0.414 e. The van der Waals surface area contributed by atoms with Crippen molar-refractivity contribution in [3.05, 3.63) is 53.6 Å². The van der Waals surface area contributed by atoms with Crippen LogP contribution in [0.1, 0.15) is 24.5 Å². The maximum atomic E-state index is 14.5. The van der Waals surface area contributed by atoms with Crippen LogP contribution in [0, 0.1) is 5.92 Å². The topological polar surface area (TPSA) is 129 Å². The van der Waals surface area contributed by atoms with E-state index in [9.17, 15) is 24.3 Å². The summed E-state index contributed by atoms with van der Waals surface area (Å²) in [5.74, 6) is -0.622. The number of fused-ring (bicyclic) bond motifs is 2. The second kappa shape index (κ2) is 10.1. The molecule has 1 spiro atoms. The van der Waals surface area contributed by atoms with E-state index in [1.165, 1.54) is 4.90 Å². The van der Waals surface area contributed by atoms with Crippen molar-refractivity contribution < 1.29 is 38.5 Å². The molecule has 3 amide bonds. The molecule has 4 heterocycles. The SMILES string of the molecule is C[C@@H]1[C@@H]([Si](C)(C)O)[C@H](CCO)O[C@@]12C(=O)N(Cc1ccc(N3CCOC3=O)cc1)c1ccc(N3CCOC3=O)cc12. The van der Waals surface area contributed by atoms with Crippen LogP contribution in [0.4, 0.5) is 26.7 Å². The molecule has 0 aliphatic carbocycles. The van der Waals surface area contributed by atoms with Crippen LogP contribution in [0.2, 0.25) is 18.6 Å². The first-order chi connectivity index (χ1) is 19.6. The summed E-state index contributed by atoms with van der Waals surface area (Å²) >= 11 is 0. The zero-order chi connectivity index (χ0) is 29.1. The fourth-order valence-corrected chi connectivity index (χ4v) is 9.61. The maximum absolute atomic E-state index is 14.5. The van der Waals surface area contributed by atoms with Crippen LogP contribution in [0.3, 0.4) is 0 Å². The van der Waals surface area contributed by atoms with Gasteiger partial charge in [0, 0.05) is 35.0 Å². The number of cyclic esters (lactones) is 2. The number of hydrogen-bond acceptors (Lipinski definition) is 8. The Morgan fingerprint density at radius 1 is 0.951 bits per heavy atom. The Morgan fingerprint density at radius 2 is 1.56 bits per heavy atom. The van der Waals surface area contributed by atoms with Crippen molar-refractivity contribution in [2.24, 2.45) is 5.92 Å². The molecule has 2 aromatic carbocycles. The van der Waals surface area contributed by atoms with Gasteiger partial charge in [0.05, 0.1) is 31.4 Å². The summed E-state index contributed by atoms with van der Waals surface area (Å²) in [6.07, 6.45) is -1.02. The fourth-order valence-electron chi connectivity index (χ4n) is 7.01. The number of aliphatic hydroxyl groups excluding tert-OH is 1. The number of anilines is 3. The highest BCUT2D eigenvalue weighted by molar-refractivity contribution is 6.71. The van der Waals surface area contributed by atoms with Gasteiger partial charge in [-0.25, -0.2) is 9.59 Å². The Balaban J connectivity index is 1.40. The summed E-state index contributed by atoms with van der Waals surface area (Å²) < 4.78 is 16.9. The average Bonchev–Trinajstić information content (AvgIpc) is 3.68. The molecule has 6 rings (SSSR count). The summed E-state index contributed by atoms with van der Waals surface area (Å²) in [7, 11) is -2.84. The number of benzene rings is 2. The average molecular weight is 582 g/mol. The number of carbonyl (C=O) groups excluding carboxylic acids is 3. The number of ether oxygens (including phenoxy) is 3. The van der Waals surface area contributed by atoms with E-state index in [2.05, 4.69) is 0 Å². The van der Waals surface area contributed by atoms with Crippen LogP contribution in [0.15, 0.2) is 42.5 Å². The lowest BCUT2D eigenvalue weighted by Crippen LogP contribution is -2.46. The first-order valence-corrected chi connectivity index (χ1v) is 17.0. The second-order valence-electron chi connectivity index (χ2n) is 11.7. The van der Waals surface area contributed by atoms with Crippen LogP contribution in [0.25, 0.3) is 0 Å². The van der Waals surface area contributed by atoms with Crippen molar-refractivity contribution in [1.29, 1.82) is 0 Å². The van der Waals surface area contributed by atoms with Crippen LogP contribution in [-0.2, 0) is 31.2 Å². The van der Waals surface area contributed by atoms with Gasteiger partial charge in [0.25, 0.3) is 5.91 Å². The van der Waals surface area contributed by atoms with Crippen molar-refractivity contribution in [3.8, 4) is 0 Å². The lowest BCUT2D eigenvalue weighted by atomic mass is 9.82. The molecule has 41 heavy (non-hydrogen) atoms. The standard InChI is InChI=1S/C29H35N3O8Si/c1-18-25(41(2,3)37)24(10-13-33)40-29(18)22-16-21(31-12-15-39-28(31)36)8-9-23(22)32(26(29)34)17-19-4-6-20(7-5-19)30-11-14-38-27(30)35/h4-9,16,18,24-25,33,37H,10-15,17H2,1-3H3/t18-,24+,25-,29+/m1/s1. The molecule has 0 saturated carbocycles. The molecule has 3 fully saturated rings. The largest absolute Gasteiger partial charge is 0.447 e. The zero-order valence-electron chi connectivity index (χ0n) is 23.4. The van der Waals surface area contributed by atoms with Crippen LogP contribution < -0.4 is 14.7 Å². The molecule has 0 bridgehead atoms. The normalized spacial score (nSPS) is 27.7. The van der Waals surface area contributed by atoms with Crippen molar-refractivity contribution in [1.82, 2.24) is 0 Å². The van der Waals surface area contributed by atoms with E-state index < -0.39 is 26.1 Å². The molecule has 2 N–H and O–H groups in total. The van der Waals surface area contributed by atoms with Gasteiger partial charge in [-0.3, -0.25) is 14.6 Å². The van der Waals surface area contributed by atoms with E-state index in [1.54, 1.807) is 15.9 Å². The summed E-state index contributed by atoms with van der Waals surface area (Å²) in [6.45, 7) is 7.28. The third-order valence-electron chi connectivity index (χ3n) is 8.80. The molecule has 4 aliphatic heterocycles. The van der Waals surface area contributed by atoms with Crippen molar-refractivity contribution >= 4 is 43.5 Å². The summed E-state index contributed by atoms with van der Waals surface area (Å²) in [6, 6.07) is 12.9. The Bertz CT molecular complexity index is 1380. The molecule has 218 valence electrons. The molecule has 0 unspecified atom stereocenters. The van der Waals surface area contributed by atoms with Gasteiger partial charge in [-0.15, -0.1) is 0 Å². The van der Waals surface area contributed by atoms with Gasteiger partial charge in [0.1, 0.15) is 13.2 Å². The number of hydrogen-bond donors (Lipinski definition) is 2. The molecule has 0 aromatic heterocycles. The quantitative estimate of drug-likeness (QED) is 0.477. The zero-order valence-corrected chi connectivity index (χ0v) is 24.4. The van der Waals surface area contributed by atoms with Crippen LogP contribution in [0.5, 0.6) is 0 Å². The second-order valence-corrected chi connectivity index (χ2v) is 15.6. The van der Waals surface area contributed by atoms with Crippen LogP contribution in [-0.4, -0.2) is 75.3 Å². The maximum Gasteiger partial charge on any atom is 0.414 e. The highest BCUT2D eigenvalue weighted by Crippen LogP contribution is 2.60. The predicted octanol–water partition coefficient (Wildman–Crippen LogP) is 3.33. The van der Waals surface area contributed by atoms with E-state index >= 15 is 0 Å². The molecule has 3 saturated heterocycles. The van der Waals surface area contributed by atoms with E-state index in [4.69, 9.17) is 14.2 Å². The number of amides is 3. The predicted molar refractivity (Wildman–Crippen MR) is 152 cm³/mol. The van der Waals surface area contributed by atoms with Crippen molar-refractivity contribution in [2.75, 3.05) is 47.6 Å². The minimum absolute atomic E-state index is 0.129. The van der Waals surface area contributed by atoms with Gasteiger partial charge in [-0.1, -0.05) is 19.1 Å². The molecule has 2 aromatic rings. The first-order valence-electron chi connectivity index (χ1n) is 14.0. The molecule has 11 nitrogen and oxygen atoms in total. The van der Waals surface area contributed by atoms with Gasteiger partial charge in [0.2, 0.25) is 0 Å². The number of nitrogens with zero attached hydrogens (tertiary/aromatic N) is 3. The molecule has 4 aliphatic rings. The van der Waals surface area contributed by atoms with E-state index in [0.29, 0.717) is 43.1 Å². The Labute approximate surface area is 239 Å². The van der Waals surface area contributed by atoms with Gasteiger partial charge in [0.15, 0.2) is 13.9 Å². The van der Waals surface area contributed by atoms with Crippen LogP contribution >= 0.6 is 0 Å². The Morgan fingerprint density at radius 3 is 2.12 bits per heavy atom. The third kappa shape index (κ3) is 4.40. The highest BCUT2D eigenvalue weighted by atomic mass is 28.4. The molecule has 12 heteroatoms. The summed E-state index contributed by atoms with van der Waals surface area (Å²) in [4.78, 5) is 55.0. The van der Waals surface area contributed by atoms with E-state index in [1.807, 2.05) is 56.4 Å². The Hall–Kier alpha value is -3.45. The summed E-state index contributed by atoms with van der Waals surface area (Å²) in [5, 5.41) is 9.84. The monoisotopic (exact) mass is 581 g/mol. The lowest BCUT2D eigenvalue weighted by Gasteiger charge is -2.32. The third-order valence-corrected chi connectivity index (χ3v) is 11.3. The number of aliphatic hydroxyl groups is 1. The number of rotatable bonds is 7. The fraction of sp³-hybridized carbons (Fsp3) is 0.483. The lowest BCUT2D eigenvalue weighted by molar-refractivity contribution is -0.146. The highest BCUT2D eigenvalue weighted by Gasteiger charge is 2.66. The van der Waals surface area contributed by atoms with Crippen molar-refractivity contribution in [2.45, 2.75) is 50.2 Å². The Kier molecular flexibility index (Phi) is 6.84. The summed E-state index contributed by atoms with van der Waals surface area (Å²) in [5.41, 5.74) is 1.83. The van der Waals surface area contributed by atoms with Gasteiger partial charge < -0.3 is 29.0 Å². The number of carbonyl (C=O) groups is 3. The van der Waals surface area contributed by atoms with Gasteiger partial charge >= 0.3 is 12.2 Å². The molecule has 4 atom stereocenters. The van der Waals surface area contributed by atoms with Gasteiger partial charge in [-0.05, 0) is 55.4 Å². The molecular weight excluding hydrogens is 546 g/mol.